The van der Waals surface area contributed by atoms with Gasteiger partial charge >= 0.3 is 6.03 Å². The van der Waals surface area contributed by atoms with Gasteiger partial charge in [-0.25, -0.2) is 4.79 Å². The number of pyridine rings is 1. The summed E-state index contributed by atoms with van der Waals surface area (Å²) in [5.41, 5.74) is 2.74. The highest BCUT2D eigenvalue weighted by Crippen LogP contribution is 2.16. The summed E-state index contributed by atoms with van der Waals surface area (Å²) >= 11 is 0. The van der Waals surface area contributed by atoms with E-state index in [9.17, 15) is 4.79 Å². The van der Waals surface area contributed by atoms with Gasteiger partial charge < -0.3 is 15.1 Å². The van der Waals surface area contributed by atoms with Gasteiger partial charge in [-0.05, 0) is 36.4 Å². The van der Waals surface area contributed by atoms with E-state index in [2.05, 4.69) is 25.4 Å². The summed E-state index contributed by atoms with van der Waals surface area (Å²) in [6, 6.07) is 11.4. The lowest BCUT2D eigenvalue weighted by atomic mass is 10.2. The Morgan fingerprint density at radius 2 is 1.46 bits per heavy atom. The Balaban J connectivity index is 1.33. The molecule has 26 heavy (non-hydrogen) atoms. The Bertz CT molecular complexity index is 841. The zero-order chi connectivity index (χ0) is 17.8. The summed E-state index contributed by atoms with van der Waals surface area (Å²) < 4.78 is 0. The van der Waals surface area contributed by atoms with E-state index in [-0.39, 0.29) is 6.03 Å². The fraction of sp³-hybridized carbons (Fsp3) is 0.222. The number of nitrogens with one attached hydrogen (secondary N) is 1. The fourth-order valence-electron chi connectivity index (χ4n) is 2.95. The number of urea groups is 1. The lowest BCUT2D eigenvalue weighted by molar-refractivity contribution is 0.208. The predicted molar refractivity (Wildman–Crippen MR) is 98.4 cm³/mol. The molecule has 1 aliphatic rings. The second-order valence-electron chi connectivity index (χ2n) is 5.98. The van der Waals surface area contributed by atoms with Crippen LogP contribution in [0.4, 0.5) is 16.2 Å². The van der Waals surface area contributed by atoms with Crippen LogP contribution < -0.4 is 10.2 Å². The van der Waals surface area contributed by atoms with E-state index in [4.69, 9.17) is 0 Å². The number of piperazine rings is 1. The molecular weight excluding hydrogens is 330 g/mol. The standard InChI is InChI=1S/C18H19N7O/c26-18(22-15-1-3-17(4-2-15)25-20-9-10-21-25)24-13-11-23(12-14-24)16-5-7-19-8-6-16/h1-10H,11-14H2,(H,22,26). The first kappa shape index (κ1) is 16.1. The minimum atomic E-state index is -0.0793. The van der Waals surface area contributed by atoms with Gasteiger partial charge in [-0.2, -0.15) is 15.0 Å². The molecule has 2 aromatic heterocycles. The minimum Gasteiger partial charge on any atom is -0.368 e. The molecule has 132 valence electrons. The highest BCUT2D eigenvalue weighted by Gasteiger charge is 2.21. The summed E-state index contributed by atoms with van der Waals surface area (Å²) in [6.07, 6.45) is 6.83. The molecule has 1 fully saturated rings. The van der Waals surface area contributed by atoms with Crippen LogP contribution in [0.1, 0.15) is 0 Å². The monoisotopic (exact) mass is 349 g/mol. The van der Waals surface area contributed by atoms with E-state index in [1.54, 1.807) is 24.8 Å². The Kier molecular flexibility index (Phi) is 4.46. The first-order chi connectivity index (χ1) is 12.8. The van der Waals surface area contributed by atoms with Gasteiger partial charge in [0.2, 0.25) is 0 Å². The molecule has 0 aliphatic carbocycles. The van der Waals surface area contributed by atoms with E-state index in [0.717, 1.165) is 30.2 Å². The Labute approximate surface area is 151 Å². The molecule has 8 heteroatoms. The van der Waals surface area contributed by atoms with Gasteiger partial charge in [-0.15, -0.1) is 0 Å². The van der Waals surface area contributed by atoms with Crippen LogP contribution in [0.2, 0.25) is 0 Å². The maximum Gasteiger partial charge on any atom is 0.321 e. The highest BCUT2D eigenvalue weighted by molar-refractivity contribution is 5.89. The molecule has 0 bridgehead atoms. The summed E-state index contributed by atoms with van der Waals surface area (Å²) in [4.78, 5) is 22.1. The van der Waals surface area contributed by atoms with Gasteiger partial charge in [-0.3, -0.25) is 4.98 Å². The first-order valence-corrected chi connectivity index (χ1v) is 8.47. The largest absolute Gasteiger partial charge is 0.368 e. The van der Waals surface area contributed by atoms with Gasteiger partial charge in [0, 0.05) is 49.9 Å². The molecule has 1 saturated heterocycles. The molecule has 0 spiro atoms. The van der Waals surface area contributed by atoms with E-state index < -0.39 is 0 Å². The number of anilines is 2. The summed E-state index contributed by atoms with van der Waals surface area (Å²) in [5.74, 6) is 0. The zero-order valence-corrected chi connectivity index (χ0v) is 14.2. The Morgan fingerprint density at radius 1 is 0.808 bits per heavy atom. The van der Waals surface area contributed by atoms with E-state index in [1.165, 1.54) is 4.80 Å². The summed E-state index contributed by atoms with van der Waals surface area (Å²) in [6.45, 7) is 2.98. The van der Waals surface area contributed by atoms with Gasteiger partial charge in [0.25, 0.3) is 0 Å². The molecule has 0 atom stereocenters. The van der Waals surface area contributed by atoms with Crippen molar-refractivity contribution in [3.05, 3.63) is 61.2 Å². The molecule has 0 unspecified atom stereocenters. The molecule has 4 rings (SSSR count). The maximum absolute atomic E-state index is 12.5. The lowest BCUT2D eigenvalue weighted by Gasteiger charge is -2.36. The van der Waals surface area contributed by atoms with Crippen molar-refractivity contribution in [1.29, 1.82) is 0 Å². The van der Waals surface area contributed by atoms with Gasteiger partial charge in [0.05, 0.1) is 18.1 Å². The third-order valence-corrected chi connectivity index (χ3v) is 4.36. The van der Waals surface area contributed by atoms with Crippen LogP contribution in [0, 0.1) is 0 Å². The molecule has 3 heterocycles. The van der Waals surface area contributed by atoms with Crippen LogP contribution in [-0.2, 0) is 0 Å². The smallest absolute Gasteiger partial charge is 0.321 e. The number of aromatic nitrogens is 4. The zero-order valence-electron chi connectivity index (χ0n) is 14.2. The van der Waals surface area contributed by atoms with Crippen LogP contribution >= 0.6 is 0 Å². The quantitative estimate of drug-likeness (QED) is 0.782. The van der Waals surface area contributed by atoms with Crippen LogP contribution in [0.3, 0.4) is 0 Å². The lowest BCUT2D eigenvalue weighted by Crippen LogP contribution is -2.50. The van der Waals surface area contributed by atoms with Crippen molar-refractivity contribution in [2.45, 2.75) is 0 Å². The Hall–Kier alpha value is -3.42. The van der Waals surface area contributed by atoms with Crippen molar-refractivity contribution >= 4 is 17.4 Å². The molecule has 1 aromatic carbocycles. The minimum absolute atomic E-state index is 0.0793. The van der Waals surface area contributed by atoms with Gasteiger partial charge in [0.1, 0.15) is 0 Å². The molecule has 3 aromatic rings. The number of hydrogen-bond acceptors (Lipinski definition) is 5. The second-order valence-corrected chi connectivity index (χ2v) is 5.98. The second kappa shape index (κ2) is 7.22. The molecule has 1 N–H and O–H groups in total. The normalized spacial score (nSPS) is 14.3. The van der Waals surface area contributed by atoms with Crippen molar-refractivity contribution in [2.24, 2.45) is 0 Å². The van der Waals surface area contributed by atoms with E-state index in [1.807, 2.05) is 41.3 Å². The van der Waals surface area contributed by atoms with Crippen molar-refractivity contribution in [3.63, 3.8) is 0 Å². The van der Waals surface area contributed by atoms with Crippen molar-refractivity contribution in [3.8, 4) is 5.69 Å². The number of rotatable bonds is 3. The van der Waals surface area contributed by atoms with Crippen molar-refractivity contribution in [1.82, 2.24) is 24.9 Å². The number of nitrogens with zero attached hydrogens (tertiary/aromatic N) is 6. The average Bonchev–Trinajstić information content (AvgIpc) is 3.24. The highest BCUT2D eigenvalue weighted by atomic mass is 16.2. The van der Waals surface area contributed by atoms with Crippen molar-refractivity contribution in [2.75, 3.05) is 36.4 Å². The van der Waals surface area contributed by atoms with Crippen LogP contribution in [0.25, 0.3) is 5.69 Å². The summed E-state index contributed by atoms with van der Waals surface area (Å²) in [5, 5.41) is 11.1. The fourth-order valence-corrected chi connectivity index (χ4v) is 2.95. The SMILES string of the molecule is O=C(Nc1ccc(-n2nccn2)cc1)N1CCN(c2ccncc2)CC1. The molecule has 8 nitrogen and oxygen atoms in total. The van der Waals surface area contributed by atoms with Crippen LogP contribution in [0.5, 0.6) is 0 Å². The topological polar surface area (TPSA) is 79.2 Å². The number of carbonyl (C=O) groups excluding carboxylic acids is 1. The third-order valence-electron chi connectivity index (χ3n) is 4.36. The van der Waals surface area contributed by atoms with Gasteiger partial charge in [-0.1, -0.05) is 0 Å². The number of benzene rings is 1. The molecule has 1 aliphatic heterocycles. The van der Waals surface area contributed by atoms with E-state index in [0.29, 0.717) is 13.1 Å². The molecular formula is C18H19N7O. The van der Waals surface area contributed by atoms with E-state index >= 15 is 0 Å². The third kappa shape index (κ3) is 3.49. The molecule has 2 amide bonds. The molecule has 0 radical (unpaired) electrons. The summed E-state index contributed by atoms with van der Waals surface area (Å²) in [7, 11) is 0. The average molecular weight is 349 g/mol. The predicted octanol–water partition coefficient (Wildman–Crippen LogP) is 2.02. The van der Waals surface area contributed by atoms with Gasteiger partial charge in [0.15, 0.2) is 0 Å². The maximum atomic E-state index is 12.5. The van der Waals surface area contributed by atoms with Crippen LogP contribution in [-0.4, -0.2) is 57.1 Å². The number of hydrogen-bond donors (Lipinski definition) is 1. The van der Waals surface area contributed by atoms with Crippen LogP contribution in [0.15, 0.2) is 61.2 Å². The van der Waals surface area contributed by atoms with Crippen molar-refractivity contribution < 1.29 is 4.79 Å². The molecule has 0 saturated carbocycles. The number of carbonyl (C=O) groups is 1. The first-order valence-electron chi connectivity index (χ1n) is 8.47. The number of amides is 2. The Morgan fingerprint density at radius 3 is 2.12 bits per heavy atom.